The van der Waals surface area contributed by atoms with Crippen LogP contribution in [0.5, 0.6) is 17.2 Å². The van der Waals surface area contributed by atoms with E-state index in [-0.39, 0.29) is 0 Å². The first-order valence-corrected chi connectivity index (χ1v) is 5.30. The van der Waals surface area contributed by atoms with E-state index in [9.17, 15) is 0 Å². The van der Waals surface area contributed by atoms with Gasteiger partial charge in [0.25, 0.3) is 0 Å². The zero-order valence-corrected chi connectivity index (χ0v) is 9.07. The van der Waals surface area contributed by atoms with Crippen molar-refractivity contribution in [2.45, 2.75) is 6.42 Å². The minimum atomic E-state index is 0.798. The topological polar surface area (TPSA) is 18.5 Å². The Labute approximate surface area is 94.4 Å². The second-order valence-corrected chi connectivity index (χ2v) is 3.84. The lowest BCUT2D eigenvalue weighted by molar-refractivity contribution is 0.371. The summed E-state index contributed by atoms with van der Waals surface area (Å²) < 4.78 is 11.2. The lowest BCUT2D eigenvalue weighted by Crippen LogP contribution is -2.04. The van der Waals surface area contributed by atoms with Crippen molar-refractivity contribution in [3.05, 3.63) is 53.6 Å². The minimum Gasteiger partial charge on any atom is -0.493 e. The van der Waals surface area contributed by atoms with Crippen molar-refractivity contribution >= 4 is 0 Å². The Kier molecular flexibility index (Phi) is 2.07. The van der Waals surface area contributed by atoms with Gasteiger partial charge in [-0.2, -0.15) is 0 Å². The Morgan fingerprint density at radius 2 is 1.81 bits per heavy atom. The zero-order valence-electron chi connectivity index (χ0n) is 9.07. The van der Waals surface area contributed by atoms with Crippen LogP contribution in [-0.4, -0.2) is 7.11 Å². The van der Waals surface area contributed by atoms with Gasteiger partial charge in [0.1, 0.15) is 5.75 Å². The third-order valence-electron chi connectivity index (χ3n) is 2.85. The zero-order chi connectivity index (χ0) is 11.0. The summed E-state index contributed by atoms with van der Waals surface area (Å²) in [5.41, 5.74) is 2.40. The van der Waals surface area contributed by atoms with E-state index in [0.29, 0.717) is 0 Å². The van der Waals surface area contributed by atoms with Crippen LogP contribution in [0.3, 0.4) is 0 Å². The molecule has 1 heterocycles. The van der Waals surface area contributed by atoms with E-state index in [4.69, 9.17) is 9.47 Å². The third kappa shape index (κ3) is 1.34. The van der Waals surface area contributed by atoms with Gasteiger partial charge in [-0.3, -0.25) is 0 Å². The molecule has 0 saturated carbocycles. The first-order chi connectivity index (χ1) is 7.88. The van der Waals surface area contributed by atoms with Crippen LogP contribution < -0.4 is 9.47 Å². The van der Waals surface area contributed by atoms with Gasteiger partial charge in [0.05, 0.1) is 7.11 Å². The first kappa shape index (κ1) is 9.28. The molecule has 0 N–H and O–H groups in total. The van der Waals surface area contributed by atoms with Crippen molar-refractivity contribution in [1.82, 2.24) is 0 Å². The maximum atomic E-state index is 5.87. The Morgan fingerprint density at radius 1 is 1.00 bits per heavy atom. The molecule has 2 heteroatoms. The van der Waals surface area contributed by atoms with Crippen LogP contribution in [0.4, 0.5) is 0 Å². The van der Waals surface area contributed by atoms with Gasteiger partial charge in [-0.05, 0) is 17.7 Å². The van der Waals surface area contributed by atoms with Crippen LogP contribution in [0.15, 0.2) is 42.5 Å². The Hall–Kier alpha value is -1.96. The summed E-state index contributed by atoms with van der Waals surface area (Å²) in [6, 6.07) is 14.1. The van der Waals surface area contributed by atoms with Gasteiger partial charge in [-0.25, -0.2) is 0 Å². The summed E-state index contributed by atoms with van der Waals surface area (Å²) in [4.78, 5) is 0. The summed E-state index contributed by atoms with van der Waals surface area (Å²) in [7, 11) is 1.67. The molecule has 2 aromatic rings. The molecule has 0 amide bonds. The summed E-state index contributed by atoms with van der Waals surface area (Å²) in [5, 5.41) is 0. The van der Waals surface area contributed by atoms with Gasteiger partial charge >= 0.3 is 0 Å². The predicted molar refractivity (Wildman–Crippen MR) is 62.3 cm³/mol. The molecule has 2 nitrogen and oxygen atoms in total. The average molecular weight is 212 g/mol. The molecule has 0 unspecified atom stereocenters. The predicted octanol–water partition coefficient (Wildman–Crippen LogP) is 3.39. The molecule has 0 spiro atoms. The fourth-order valence-corrected chi connectivity index (χ4v) is 2.04. The molecule has 0 bridgehead atoms. The summed E-state index contributed by atoms with van der Waals surface area (Å²) in [5.74, 6) is 2.58. The second kappa shape index (κ2) is 3.56. The molecule has 3 rings (SSSR count). The van der Waals surface area contributed by atoms with E-state index in [1.165, 1.54) is 11.1 Å². The SMILES string of the molecule is COc1cccc2c1Oc1ccccc1C2. The fourth-order valence-electron chi connectivity index (χ4n) is 2.04. The highest BCUT2D eigenvalue weighted by molar-refractivity contribution is 5.55. The smallest absolute Gasteiger partial charge is 0.172 e. The van der Waals surface area contributed by atoms with E-state index in [0.717, 1.165) is 23.7 Å². The number of hydrogen-bond acceptors (Lipinski definition) is 2. The highest BCUT2D eigenvalue weighted by Gasteiger charge is 2.19. The van der Waals surface area contributed by atoms with Crippen LogP contribution in [0, 0.1) is 0 Å². The number of methoxy groups -OCH3 is 1. The largest absolute Gasteiger partial charge is 0.493 e. The highest BCUT2D eigenvalue weighted by Crippen LogP contribution is 2.41. The molecule has 0 aliphatic carbocycles. The highest BCUT2D eigenvalue weighted by atomic mass is 16.5. The van der Waals surface area contributed by atoms with Crippen LogP contribution in [0.1, 0.15) is 11.1 Å². The molecule has 80 valence electrons. The molecule has 0 aromatic heterocycles. The quantitative estimate of drug-likeness (QED) is 0.615. The minimum absolute atomic E-state index is 0.798. The Morgan fingerprint density at radius 3 is 2.69 bits per heavy atom. The molecule has 1 aliphatic heterocycles. The van der Waals surface area contributed by atoms with Gasteiger partial charge < -0.3 is 9.47 Å². The van der Waals surface area contributed by atoms with E-state index in [1.54, 1.807) is 7.11 Å². The summed E-state index contributed by atoms with van der Waals surface area (Å²) in [6.45, 7) is 0. The fraction of sp³-hybridized carbons (Fsp3) is 0.143. The van der Waals surface area contributed by atoms with Gasteiger partial charge in [0, 0.05) is 12.0 Å². The normalized spacial score (nSPS) is 12.3. The van der Waals surface area contributed by atoms with Crippen molar-refractivity contribution in [2.75, 3.05) is 7.11 Å². The lowest BCUT2D eigenvalue weighted by Gasteiger charge is -2.21. The van der Waals surface area contributed by atoms with Crippen molar-refractivity contribution < 1.29 is 9.47 Å². The number of fused-ring (bicyclic) bond motifs is 2. The van der Waals surface area contributed by atoms with Crippen LogP contribution >= 0.6 is 0 Å². The van der Waals surface area contributed by atoms with Crippen LogP contribution in [-0.2, 0) is 6.42 Å². The van der Waals surface area contributed by atoms with Crippen molar-refractivity contribution in [1.29, 1.82) is 0 Å². The van der Waals surface area contributed by atoms with Crippen molar-refractivity contribution in [2.24, 2.45) is 0 Å². The summed E-state index contributed by atoms with van der Waals surface area (Å²) in [6.07, 6.45) is 0.905. The van der Waals surface area contributed by atoms with E-state index in [1.807, 2.05) is 30.3 Å². The maximum Gasteiger partial charge on any atom is 0.172 e. The first-order valence-electron chi connectivity index (χ1n) is 5.30. The molecule has 0 fully saturated rings. The van der Waals surface area contributed by atoms with Gasteiger partial charge in [-0.1, -0.05) is 30.3 Å². The number of benzene rings is 2. The van der Waals surface area contributed by atoms with E-state index in [2.05, 4.69) is 12.1 Å². The molecular formula is C14H12O2. The molecule has 1 aliphatic rings. The molecular weight excluding hydrogens is 200 g/mol. The molecule has 0 radical (unpaired) electrons. The maximum absolute atomic E-state index is 5.87. The number of rotatable bonds is 1. The monoisotopic (exact) mass is 212 g/mol. The Balaban J connectivity index is 2.12. The van der Waals surface area contributed by atoms with Gasteiger partial charge in [0.2, 0.25) is 0 Å². The summed E-state index contributed by atoms with van der Waals surface area (Å²) >= 11 is 0. The van der Waals surface area contributed by atoms with Gasteiger partial charge in [0.15, 0.2) is 11.5 Å². The second-order valence-electron chi connectivity index (χ2n) is 3.84. The van der Waals surface area contributed by atoms with Crippen molar-refractivity contribution in [3.63, 3.8) is 0 Å². The number of ether oxygens (including phenoxy) is 2. The molecule has 16 heavy (non-hydrogen) atoms. The van der Waals surface area contributed by atoms with Crippen LogP contribution in [0.25, 0.3) is 0 Å². The number of para-hydroxylation sites is 2. The molecule has 2 aromatic carbocycles. The van der Waals surface area contributed by atoms with Gasteiger partial charge in [-0.15, -0.1) is 0 Å². The lowest BCUT2D eigenvalue weighted by atomic mass is 10.0. The Bertz CT molecular complexity index is 532. The van der Waals surface area contributed by atoms with E-state index >= 15 is 0 Å². The molecule has 0 atom stereocenters. The van der Waals surface area contributed by atoms with Crippen LogP contribution in [0.2, 0.25) is 0 Å². The van der Waals surface area contributed by atoms with Crippen molar-refractivity contribution in [3.8, 4) is 17.2 Å². The molecule has 0 saturated heterocycles. The number of hydrogen-bond donors (Lipinski definition) is 0. The van der Waals surface area contributed by atoms with E-state index < -0.39 is 0 Å². The average Bonchev–Trinajstić information content (AvgIpc) is 2.35. The standard InChI is InChI=1S/C14H12O2/c1-15-13-8-4-6-11-9-10-5-2-3-7-12(10)16-14(11)13/h2-8H,9H2,1H3. The third-order valence-corrected chi connectivity index (χ3v) is 2.85.